The monoisotopic (exact) mass is 314 g/mol. The molecule has 0 radical (unpaired) electrons. The van der Waals surface area contributed by atoms with Crippen LogP contribution in [0.1, 0.15) is 31.2 Å². The summed E-state index contributed by atoms with van der Waals surface area (Å²) in [5.74, 6) is 0. The van der Waals surface area contributed by atoms with Crippen LogP contribution >= 0.6 is 22.9 Å². The predicted molar refractivity (Wildman–Crippen MR) is 73.6 cm³/mol. The van der Waals surface area contributed by atoms with E-state index in [0.29, 0.717) is 10.8 Å². The summed E-state index contributed by atoms with van der Waals surface area (Å²) < 4.78 is 38.5. The normalized spacial score (nSPS) is 15.8. The zero-order valence-electron chi connectivity index (χ0n) is 10.9. The van der Waals surface area contributed by atoms with Gasteiger partial charge in [0.1, 0.15) is 0 Å². The maximum atomic E-state index is 12.6. The summed E-state index contributed by atoms with van der Waals surface area (Å²) in [6.45, 7) is 2.90. The Morgan fingerprint density at radius 1 is 1.37 bits per heavy atom. The van der Waals surface area contributed by atoms with Gasteiger partial charge in [-0.15, -0.1) is 11.3 Å². The first kappa shape index (κ1) is 16.8. The lowest BCUT2D eigenvalue weighted by Gasteiger charge is -2.34. The summed E-state index contributed by atoms with van der Waals surface area (Å²) in [6, 6.07) is 2.65. The lowest BCUT2D eigenvalue weighted by molar-refractivity contribution is -0.151. The highest BCUT2D eigenvalue weighted by Crippen LogP contribution is 2.34. The van der Waals surface area contributed by atoms with Crippen molar-refractivity contribution in [1.29, 1.82) is 0 Å². The molecule has 7 heteroatoms. The summed E-state index contributed by atoms with van der Waals surface area (Å²) in [4.78, 5) is 2.14. The maximum Gasteiger partial charge on any atom is 0.401 e. The van der Waals surface area contributed by atoms with Crippen molar-refractivity contribution in [3.05, 3.63) is 21.3 Å². The second-order valence-corrected chi connectivity index (χ2v) is 6.08. The van der Waals surface area contributed by atoms with E-state index in [1.807, 2.05) is 6.92 Å². The molecule has 1 rings (SSSR count). The van der Waals surface area contributed by atoms with Crippen LogP contribution in [0.2, 0.25) is 4.34 Å². The van der Waals surface area contributed by atoms with Gasteiger partial charge in [0.2, 0.25) is 0 Å². The topological polar surface area (TPSA) is 29.3 Å². The molecule has 2 atom stereocenters. The molecular weight excluding hydrogens is 297 g/mol. The fraction of sp³-hybridized carbons (Fsp3) is 0.667. The van der Waals surface area contributed by atoms with Gasteiger partial charge in [-0.05, 0) is 25.1 Å². The van der Waals surface area contributed by atoms with Crippen LogP contribution in [-0.4, -0.2) is 30.2 Å². The van der Waals surface area contributed by atoms with E-state index in [2.05, 4.69) is 0 Å². The third-order valence-electron chi connectivity index (χ3n) is 2.94. The van der Waals surface area contributed by atoms with Gasteiger partial charge >= 0.3 is 6.18 Å². The van der Waals surface area contributed by atoms with Crippen molar-refractivity contribution in [1.82, 2.24) is 4.90 Å². The first-order chi connectivity index (χ1) is 8.78. The Kier molecular flexibility index (Phi) is 6.11. The summed E-state index contributed by atoms with van der Waals surface area (Å²) in [5.41, 5.74) is 6.01. The smallest absolute Gasteiger partial charge is 0.326 e. The third-order valence-corrected chi connectivity index (χ3v) is 4.25. The van der Waals surface area contributed by atoms with Crippen molar-refractivity contribution in [3.8, 4) is 0 Å². The highest BCUT2D eigenvalue weighted by atomic mass is 35.5. The van der Waals surface area contributed by atoms with Crippen LogP contribution < -0.4 is 5.73 Å². The zero-order chi connectivity index (χ0) is 14.6. The molecule has 1 aromatic heterocycles. The van der Waals surface area contributed by atoms with E-state index < -0.39 is 18.8 Å². The number of alkyl halides is 3. The molecule has 0 amide bonds. The molecule has 0 saturated heterocycles. The molecular formula is C12H18ClF3N2S. The second-order valence-electron chi connectivity index (χ2n) is 4.34. The van der Waals surface area contributed by atoms with E-state index >= 15 is 0 Å². The van der Waals surface area contributed by atoms with Crippen LogP contribution in [0.15, 0.2) is 12.1 Å². The molecule has 0 spiro atoms. The Hall–Kier alpha value is -0.300. The number of thiophene rings is 1. The molecule has 0 bridgehead atoms. The van der Waals surface area contributed by atoms with Crippen molar-refractivity contribution in [2.45, 2.75) is 38.5 Å². The largest absolute Gasteiger partial charge is 0.401 e. The van der Waals surface area contributed by atoms with Gasteiger partial charge in [0.15, 0.2) is 0 Å². The Morgan fingerprint density at radius 2 is 2.00 bits per heavy atom. The number of likely N-dealkylation sites (N-methyl/N-ethyl adjacent to an activating group) is 1. The Labute approximate surface area is 120 Å². The van der Waals surface area contributed by atoms with E-state index in [1.54, 1.807) is 19.1 Å². The lowest BCUT2D eigenvalue weighted by atomic mass is 10.0. The highest BCUT2D eigenvalue weighted by Gasteiger charge is 2.36. The van der Waals surface area contributed by atoms with E-state index in [1.165, 1.54) is 16.2 Å². The Morgan fingerprint density at radius 3 is 2.37 bits per heavy atom. The molecule has 2 N–H and O–H groups in total. The first-order valence-corrected chi connectivity index (χ1v) is 7.29. The van der Waals surface area contributed by atoms with Gasteiger partial charge in [-0.1, -0.05) is 25.4 Å². The van der Waals surface area contributed by atoms with Gasteiger partial charge in [-0.3, -0.25) is 4.90 Å². The SMILES string of the molecule is CCC(N)C(c1ccc(Cl)s1)N(CC)CC(F)(F)F. The minimum Gasteiger partial charge on any atom is -0.326 e. The fourth-order valence-corrected chi connectivity index (χ4v) is 3.28. The molecule has 2 nitrogen and oxygen atoms in total. The molecule has 19 heavy (non-hydrogen) atoms. The quantitative estimate of drug-likeness (QED) is 0.858. The van der Waals surface area contributed by atoms with Crippen LogP contribution in [-0.2, 0) is 0 Å². The van der Waals surface area contributed by atoms with Crippen LogP contribution in [0.3, 0.4) is 0 Å². The average molecular weight is 315 g/mol. The number of halogens is 4. The Bertz CT molecular complexity index is 395. The summed E-state index contributed by atoms with van der Waals surface area (Å²) >= 11 is 7.16. The minimum absolute atomic E-state index is 0.285. The number of hydrogen-bond donors (Lipinski definition) is 1. The summed E-state index contributed by atoms with van der Waals surface area (Å²) in [5, 5.41) is 0. The molecule has 110 valence electrons. The predicted octanol–water partition coefficient (Wildman–Crippen LogP) is 4.06. The van der Waals surface area contributed by atoms with Crippen molar-refractivity contribution in [2.24, 2.45) is 5.73 Å². The fourth-order valence-electron chi connectivity index (χ4n) is 2.01. The maximum absolute atomic E-state index is 12.6. The first-order valence-electron chi connectivity index (χ1n) is 6.10. The standard InChI is InChI=1S/C12H18ClF3N2S/c1-3-8(17)11(9-5-6-10(13)19-9)18(4-2)7-12(14,15)16/h5-6,8,11H,3-4,7,17H2,1-2H3. The van der Waals surface area contributed by atoms with Gasteiger partial charge in [-0.2, -0.15) is 13.2 Å². The van der Waals surface area contributed by atoms with Crippen LogP contribution in [0.25, 0.3) is 0 Å². The molecule has 1 aromatic rings. The number of nitrogens with two attached hydrogens (primary N) is 1. The molecule has 0 aliphatic carbocycles. The Balaban J connectivity index is 3.01. The average Bonchev–Trinajstić information content (AvgIpc) is 2.72. The van der Waals surface area contributed by atoms with E-state index in [4.69, 9.17) is 17.3 Å². The molecule has 0 fully saturated rings. The van der Waals surface area contributed by atoms with Gasteiger partial charge in [0.25, 0.3) is 0 Å². The zero-order valence-corrected chi connectivity index (χ0v) is 12.4. The van der Waals surface area contributed by atoms with Crippen molar-refractivity contribution < 1.29 is 13.2 Å². The van der Waals surface area contributed by atoms with Gasteiger partial charge < -0.3 is 5.73 Å². The summed E-state index contributed by atoms with van der Waals surface area (Å²) in [7, 11) is 0. The van der Waals surface area contributed by atoms with Crippen molar-refractivity contribution >= 4 is 22.9 Å². The number of nitrogens with zero attached hydrogens (tertiary/aromatic N) is 1. The van der Waals surface area contributed by atoms with E-state index in [9.17, 15) is 13.2 Å². The lowest BCUT2D eigenvalue weighted by Crippen LogP contribution is -2.44. The minimum atomic E-state index is -4.23. The summed E-state index contributed by atoms with van der Waals surface area (Å²) in [6.07, 6.45) is -3.63. The number of rotatable bonds is 6. The molecule has 2 unspecified atom stereocenters. The van der Waals surface area contributed by atoms with Gasteiger partial charge in [0.05, 0.1) is 16.9 Å². The second kappa shape index (κ2) is 6.92. The van der Waals surface area contributed by atoms with Crippen LogP contribution in [0, 0.1) is 0 Å². The van der Waals surface area contributed by atoms with E-state index in [-0.39, 0.29) is 12.6 Å². The third kappa shape index (κ3) is 4.95. The molecule has 0 aliphatic rings. The van der Waals surface area contributed by atoms with Gasteiger partial charge in [-0.25, -0.2) is 0 Å². The van der Waals surface area contributed by atoms with Crippen LogP contribution in [0.4, 0.5) is 13.2 Å². The van der Waals surface area contributed by atoms with Crippen molar-refractivity contribution in [2.75, 3.05) is 13.1 Å². The molecule has 1 heterocycles. The van der Waals surface area contributed by atoms with E-state index in [0.717, 1.165) is 4.88 Å². The molecule has 0 aliphatic heterocycles. The van der Waals surface area contributed by atoms with Gasteiger partial charge in [0, 0.05) is 10.9 Å². The molecule has 0 aromatic carbocycles. The van der Waals surface area contributed by atoms with Crippen LogP contribution in [0.5, 0.6) is 0 Å². The van der Waals surface area contributed by atoms with Crippen molar-refractivity contribution in [3.63, 3.8) is 0 Å². The number of hydrogen-bond acceptors (Lipinski definition) is 3. The molecule has 0 saturated carbocycles. The highest BCUT2D eigenvalue weighted by molar-refractivity contribution is 7.16.